The van der Waals surface area contributed by atoms with Crippen LogP contribution in [0.3, 0.4) is 0 Å². The number of nitrogens with zero attached hydrogens (tertiary/aromatic N) is 2. The maximum absolute atomic E-state index is 13.0. The van der Waals surface area contributed by atoms with E-state index in [1.165, 1.54) is 17.7 Å². The number of hydrogen-bond donors (Lipinski definition) is 2. The van der Waals surface area contributed by atoms with Crippen molar-refractivity contribution in [3.8, 4) is 11.5 Å². The third kappa shape index (κ3) is 4.64. The SMILES string of the molecule is CC1CC(c2ccccc2)Nc2c(C(=O)NCc3ccc(Oc4ccc(F)cc4)cc3)cnn21. The summed E-state index contributed by atoms with van der Waals surface area (Å²) in [5.41, 5.74) is 2.66. The Hall–Kier alpha value is -4.13. The van der Waals surface area contributed by atoms with E-state index in [0.29, 0.717) is 23.6 Å². The minimum absolute atomic E-state index is 0.126. The van der Waals surface area contributed by atoms with Gasteiger partial charge in [-0.15, -0.1) is 0 Å². The summed E-state index contributed by atoms with van der Waals surface area (Å²) in [6, 6.07) is 23.8. The molecule has 3 aromatic carbocycles. The number of anilines is 1. The molecule has 1 aliphatic rings. The van der Waals surface area contributed by atoms with Crippen molar-refractivity contribution < 1.29 is 13.9 Å². The van der Waals surface area contributed by atoms with Crippen molar-refractivity contribution in [3.63, 3.8) is 0 Å². The van der Waals surface area contributed by atoms with Crippen LogP contribution in [-0.4, -0.2) is 15.7 Å². The van der Waals surface area contributed by atoms with E-state index in [1.54, 1.807) is 18.3 Å². The first kappa shape index (κ1) is 21.7. The third-order valence-electron chi connectivity index (χ3n) is 5.97. The molecule has 2 unspecified atom stereocenters. The predicted molar refractivity (Wildman–Crippen MR) is 128 cm³/mol. The van der Waals surface area contributed by atoms with E-state index in [9.17, 15) is 9.18 Å². The fourth-order valence-corrected chi connectivity index (χ4v) is 4.17. The summed E-state index contributed by atoms with van der Waals surface area (Å²) in [5.74, 6) is 1.45. The zero-order valence-electron chi connectivity index (χ0n) is 18.7. The molecule has 1 aliphatic heterocycles. The third-order valence-corrected chi connectivity index (χ3v) is 5.97. The number of aromatic nitrogens is 2. The van der Waals surface area contributed by atoms with Gasteiger partial charge in [0.25, 0.3) is 5.91 Å². The standard InChI is InChI=1S/C27H25FN4O2/c1-18-15-25(20-5-3-2-4-6-20)31-26-24(17-30-32(18)26)27(33)29-16-19-7-11-22(12-8-19)34-23-13-9-21(28)10-14-23/h2-14,17-18,25,31H,15-16H2,1H3,(H,29,33). The normalized spacial score (nSPS) is 16.9. The van der Waals surface area contributed by atoms with Crippen LogP contribution in [0, 0.1) is 5.82 Å². The molecule has 0 fully saturated rings. The number of rotatable bonds is 6. The van der Waals surface area contributed by atoms with Gasteiger partial charge < -0.3 is 15.4 Å². The molecule has 0 saturated carbocycles. The van der Waals surface area contributed by atoms with Gasteiger partial charge in [0.15, 0.2) is 0 Å². The summed E-state index contributed by atoms with van der Waals surface area (Å²) < 4.78 is 20.6. The molecular formula is C27H25FN4O2. The van der Waals surface area contributed by atoms with Gasteiger partial charge in [-0.05, 0) is 60.9 Å². The number of hydrogen-bond acceptors (Lipinski definition) is 4. The largest absolute Gasteiger partial charge is 0.457 e. The number of halogens is 1. The lowest BCUT2D eigenvalue weighted by Gasteiger charge is -2.31. The Morgan fingerprint density at radius 1 is 1.06 bits per heavy atom. The molecule has 0 radical (unpaired) electrons. The number of amides is 1. The van der Waals surface area contributed by atoms with Gasteiger partial charge in [-0.1, -0.05) is 42.5 Å². The van der Waals surface area contributed by atoms with Crippen LogP contribution in [-0.2, 0) is 6.54 Å². The molecule has 0 aliphatic carbocycles. The summed E-state index contributed by atoms with van der Waals surface area (Å²) in [5, 5.41) is 10.9. The highest BCUT2D eigenvalue weighted by Crippen LogP contribution is 2.36. The topological polar surface area (TPSA) is 68.2 Å². The van der Waals surface area contributed by atoms with Crippen molar-refractivity contribution in [1.29, 1.82) is 0 Å². The molecule has 4 aromatic rings. The number of carbonyl (C=O) groups is 1. The maximum atomic E-state index is 13.0. The van der Waals surface area contributed by atoms with Crippen molar-refractivity contribution in [2.24, 2.45) is 0 Å². The molecule has 6 nitrogen and oxygen atoms in total. The fraction of sp³-hybridized carbons (Fsp3) is 0.185. The van der Waals surface area contributed by atoms with Gasteiger partial charge in [0.2, 0.25) is 0 Å². The first-order valence-electron chi connectivity index (χ1n) is 11.3. The highest BCUT2D eigenvalue weighted by atomic mass is 19.1. The lowest BCUT2D eigenvalue weighted by molar-refractivity contribution is 0.0951. The average Bonchev–Trinajstić information content (AvgIpc) is 3.30. The summed E-state index contributed by atoms with van der Waals surface area (Å²) in [6.07, 6.45) is 2.52. The highest BCUT2D eigenvalue weighted by molar-refractivity contribution is 5.98. The number of nitrogens with one attached hydrogen (secondary N) is 2. The van der Waals surface area contributed by atoms with Crippen LogP contribution >= 0.6 is 0 Å². The summed E-state index contributed by atoms with van der Waals surface area (Å²) >= 11 is 0. The van der Waals surface area contributed by atoms with E-state index in [-0.39, 0.29) is 23.8 Å². The second kappa shape index (κ2) is 9.39. The second-order valence-corrected chi connectivity index (χ2v) is 8.43. The molecule has 5 rings (SSSR count). The van der Waals surface area contributed by atoms with Crippen molar-refractivity contribution >= 4 is 11.7 Å². The monoisotopic (exact) mass is 456 g/mol. The zero-order chi connectivity index (χ0) is 23.5. The Bertz CT molecular complexity index is 1270. The molecule has 7 heteroatoms. The second-order valence-electron chi connectivity index (χ2n) is 8.43. The van der Waals surface area contributed by atoms with Crippen LogP contribution in [0.4, 0.5) is 10.2 Å². The smallest absolute Gasteiger partial charge is 0.256 e. The van der Waals surface area contributed by atoms with E-state index in [1.807, 2.05) is 47.1 Å². The van der Waals surface area contributed by atoms with E-state index in [4.69, 9.17) is 4.74 Å². The van der Waals surface area contributed by atoms with E-state index in [2.05, 4.69) is 34.8 Å². The molecule has 1 aromatic heterocycles. The molecule has 34 heavy (non-hydrogen) atoms. The fourth-order valence-electron chi connectivity index (χ4n) is 4.17. The van der Waals surface area contributed by atoms with Crippen molar-refractivity contribution in [3.05, 3.63) is 108 Å². The first-order valence-corrected chi connectivity index (χ1v) is 11.3. The van der Waals surface area contributed by atoms with E-state index < -0.39 is 0 Å². The Morgan fingerprint density at radius 3 is 2.44 bits per heavy atom. The van der Waals surface area contributed by atoms with E-state index in [0.717, 1.165) is 17.8 Å². The van der Waals surface area contributed by atoms with Gasteiger partial charge in [0, 0.05) is 6.54 Å². The lowest BCUT2D eigenvalue weighted by atomic mass is 9.98. The Morgan fingerprint density at radius 2 is 1.74 bits per heavy atom. The molecule has 2 atom stereocenters. The Balaban J connectivity index is 1.23. The van der Waals surface area contributed by atoms with E-state index >= 15 is 0 Å². The predicted octanol–water partition coefficient (Wildman–Crippen LogP) is 5.86. The van der Waals surface area contributed by atoms with Crippen LogP contribution in [0.2, 0.25) is 0 Å². The summed E-state index contributed by atoms with van der Waals surface area (Å²) in [7, 11) is 0. The molecule has 0 saturated heterocycles. The van der Waals surface area contributed by atoms with Crippen LogP contribution < -0.4 is 15.4 Å². The number of ether oxygens (including phenoxy) is 1. The number of carbonyl (C=O) groups excluding carboxylic acids is 1. The summed E-state index contributed by atoms with van der Waals surface area (Å²) in [4.78, 5) is 13.0. The van der Waals surface area contributed by atoms with Crippen molar-refractivity contribution in [2.75, 3.05) is 5.32 Å². The van der Waals surface area contributed by atoms with Crippen LogP contribution in [0.15, 0.2) is 85.1 Å². The van der Waals surface area contributed by atoms with Crippen molar-refractivity contribution in [2.45, 2.75) is 32.0 Å². The molecule has 2 N–H and O–H groups in total. The van der Waals surface area contributed by atoms with Gasteiger partial charge in [-0.2, -0.15) is 5.10 Å². The molecule has 1 amide bonds. The number of benzene rings is 3. The number of fused-ring (bicyclic) bond motifs is 1. The van der Waals surface area contributed by atoms with Gasteiger partial charge in [-0.25, -0.2) is 9.07 Å². The Kier molecular flexibility index (Phi) is 5.99. The van der Waals surface area contributed by atoms with Crippen LogP contribution in [0.1, 0.15) is 46.9 Å². The minimum atomic E-state index is -0.307. The molecular weight excluding hydrogens is 431 g/mol. The molecule has 2 heterocycles. The molecule has 0 bridgehead atoms. The van der Waals surface area contributed by atoms with Crippen molar-refractivity contribution in [1.82, 2.24) is 15.1 Å². The van der Waals surface area contributed by atoms with Gasteiger partial charge in [-0.3, -0.25) is 4.79 Å². The zero-order valence-corrected chi connectivity index (χ0v) is 18.7. The Labute approximate surface area is 197 Å². The molecule has 0 spiro atoms. The first-order chi connectivity index (χ1) is 16.6. The van der Waals surface area contributed by atoms with Crippen LogP contribution in [0.25, 0.3) is 0 Å². The van der Waals surface area contributed by atoms with Gasteiger partial charge in [0.05, 0.1) is 18.3 Å². The highest BCUT2D eigenvalue weighted by Gasteiger charge is 2.29. The molecule has 172 valence electrons. The van der Waals surface area contributed by atoms with Gasteiger partial charge >= 0.3 is 0 Å². The quantitative estimate of drug-likeness (QED) is 0.381. The average molecular weight is 457 g/mol. The minimum Gasteiger partial charge on any atom is -0.457 e. The maximum Gasteiger partial charge on any atom is 0.256 e. The van der Waals surface area contributed by atoms with Crippen LogP contribution in [0.5, 0.6) is 11.5 Å². The van der Waals surface area contributed by atoms with Gasteiger partial charge in [0.1, 0.15) is 28.7 Å². The lowest BCUT2D eigenvalue weighted by Crippen LogP contribution is -2.28. The summed E-state index contributed by atoms with van der Waals surface area (Å²) in [6.45, 7) is 2.49.